The number of halogens is 1. The molecule has 0 radical (unpaired) electrons. The molecule has 0 aliphatic carbocycles. The van der Waals surface area contributed by atoms with Crippen molar-refractivity contribution in [2.24, 2.45) is 0 Å². The highest BCUT2D eigenvalue weighted by atomic mass is 19.1. The smallest absolute Gasteiger partial charge is 0.124 e. The molecule has 1 aromatic carbocycles. The first-order valence-corrected chi connectivity index (χ1v) is 15.0. The maximum absolute atomic E-state index is 14.5. The number of nitrogens with one attached hydrogen (secondary N) is 3. The molecular formula is C35H38FN7. The molecule has 6 rings (SSSR count). The average molecular weight is 576 g/mol. The molecule has 0 bridgehead atoms. The zero-order chi connectivity index (χ0) is 29.8. The highest BCUT2D eigenvalue weighted by Crippen LogP contribution is 2.30. The van der Waals surface area contributed by atoms with Crippen LogP contribution in [0.5, 0.6) is 0 Å². The molecule has 7 nitrogen and oxygen atoms in total. The molecule has 220 valence electrons. The van der Waals surface area contributed by atoms with Crippen molar-refractivity contribution in [1.82, 2.24) is 35.4 Å². The summed E-state index contributed by atoms with van der Waals surface area (Å²) >= 11 is 0. The summed E-state index contributed by atoms with van der Waals surface area (Å²) in [5.41, 5.74) is 8.17. The first-order valence-electron chi connectivity index (χ1n) is 15.0. The summed E-state index contributed by atoms with van der Waals surface area (Å²) in [6, 6.07) is 11.3. The van der Waals surface area contributed by atoms with E-state index in [1.54, 1.807) is 12.3 Å². The van der Waals surface area contributed by atoms with Gasteiger partial charge in [-0.15, -0.1) is 0 Å². The van der Waals surface area contributed by atoms with E-state index < -0.39 is 0 Å². The lowest BCUT2D eigenvalue weighted by Crippen LogP contribution is -2.22. The summed E-state index contributed by atoms with van der Waals surface area (Å²) in [6.07, 6.45) is 14.7. The van der Waals surface area contributed by atoms with E-state index in [4.69, 9.17) is 0 Å². The largest absolute Gasteiger partial charge is 0.353 e. The van der Waals surface area contributed by atoms with E-state index in [0.29, 0.717) is 6.54 Å². The molecular weight excluding hydrogens is 537 g/mol. The summed E-state index contributed by atoms with van der Waals surface area (Å²) in [5, 5.41) is 13.3. The molecule has 0 amide bonds. The molecule has 8 heteroatoms. The van der Waals surface area contributed by atoms with Crippen LogP contribution in [0.25, 0.3) is 51.8 Å². The molecule has 5 heterocycles. The van der Waals surface area contributed by atoms with Gasteiger partial charge < -0.3 is 15.2 Å². The number of aromatic amines is 2. The number of allylic oxidation sites excluding steroid dienone is 2. The van der Waals surface area contributed by atoms with Crippen molar-refractivity contribution in [3.05, 3.63) is 94.1 Å². The van der Waals surface area contributed by atoms with Crippen LogP contribution >= 0.6 is 0 Å². The van der Waals surface area contributed by atoms with E-state index in [9.17, 15) is 4.39 Å². The molecule has 0 atom stereocenters. The van der Waals surface area contributed by atoms with Crippen LogP contribution in [-0.2, 0) is 13.0 Å². The topological polar surface area (TPSA) is 85.5 Å². The van der Waals surface area contributed by atoms with Gasteiger partial charge in [0.05, 0.1) is 16.7 Å². The molecule has 43 heavy (non-hydrogen) atoms. The van der Waals surface area contributed by atoms with Gasteiger partial charge in [0, 0.05) is 46.8 Å². The van der Waals surface area contributed by atoms with Crippen LogP contribution in [0, 0.1) is 5.82 Å². The van der Waals surface area contributed by atoms with Crippen molar-refractivity contribution in [3.8, 4) is 22.6 Å². The fraction of sp³-hybridized carbons (Fsp3) is 0.286. The first kappa shape index (κ1) is 28.7. The Morgan fingerprint density at radius 3 is 2.77 bits per heavy atom. The predicted molar refractivity (Wildman–Crippen MR) is 173 cm³/mol. The average Bonchev–Trinajstić information content (AvgIpc) is 3.76. The molecule has 3 N–H and O–H groups in total. The van der Waals surface area contributed by atoms with E-state index in [-0.39, 0.29) is 5.82 Å². The van der Waals surface area contributed by atoms with Gasteiger partial charge in [0.1, 0.15) is 11.5 Å². The molecule has 1 aliphatic heterocycles. The van der Waals surface area contributed by atoms with Gasteiger partial charge in [-0.1, -0.05) is 12.7 Å². The number of likely N-dealkylation sites (tertiary alicyclic amines) is 1. The third-order valence-electron chi connectivity index (χ3n) is 8.18. The summed E-state index contributed by atoms with van der Waals surface area (Å²) in [4.78, 5) is 15.3. The van der Waals surface area contributed by atoms with Gasteiger partial charge in [-0.25, -0.2) is 4.39 Å². The quantitative estimate of drug-likeness (QED) is 0.213. The maximum atomic E-state index is 14.5. The van der Waals surface area contributed by atoms with Gasteiger partial charge in [0.25, 0.3) is 0 Å². The van der Waals surface area contributed by atoms with E-state index in [1.807, 2.05) is 44.6 Å². The Hall–Kier alpha value is -4.40. The van der Waals surface area contributed by atoms with Crippen LogP contribution in [0.15, 0.2) is 61.1 Å². The Balaban J connectivity index is 1.32. The summed E-state index contributed by atoms with van der Waals surface area (Å²) in [6.45, 7) is 10.4. The van der Waals surface area contributed by atoms with Gasteiger partial charge in [-0.3, -0.25) is 15.1 Å². The van der Waals surface area contributed by atoms with Gasteiger partial charge in [-0.2, -0.15) is 5.10 Å². The first-order chi connectivity index (χ1) is 21.0. The molecule has 1 aliphatic rings. The monoisotopic (exact) mass is 575 g/mol. The number of pyridine rings is 2. The van der Waals surface area contributed by atoms with E-state index >= 15 is 0 Å². The second kappa shape index (κ2) is 12.9. The standard InChI is InChI=1S/C35H38FN7/c1-4-26(28-14-24(21-38-22-28)8-7-13-43-11-5-6-12-43)18-30-23(2)41-42-35(30)33-19-31-32(40-33)9-10-39-34(31)27-15-25(20-37-3)16-29(36)17-27/h4,9-10,14-19,21-22,37,40-41H,2,5-8,11-13,20H2,1,3H3/b26-4+,30-18+. The van der Waals surface area contributed by atoms with Crippen LogP contribution in [0.4, 0.5) is 4.39 Å². The summed E-state index contributed by atoms with van der Waals surface area (Å²) in [5.74, 6) is -0.285. The Bertz CT molecular complexity index is 1880. The summed E-state index contributed by atoms with van der Waals surface area (Å²) < 4.78 is 14.5. The Morgan fingerprint density at radius 2 is 1.95 bits per heavy atom. The number of nitrogens with zero attached hydrogens (tertiary/aromatic N) is 4. The SMILES string of the molecule is C=c1[nH]nc(-c2cc3c(-c4cc(F)cc(CNC)c4)nccc3[nH]2)/c1=C/C(=C\C)c1cncc(CCCN2CCCC2)c1. The lowest BCUT2D eigenvalue weighted by Gasteiger charge is -2.14. The molecule has 0 spiro atoms. The van der Waals surface area contributed by atoms with Crippen molar-refractivity contribution >= 4 is 29.1 Å². The predicted octanol–water partition coefficient (Wildman–Crippen LogP) is 5.20. The van der Waals surface area contributed by atoms with Crippen molar-refractivity contribution in [1.29, 1.82) is 0 Å². The minimum atomic E-state index is -0.285. The van der Waals surface area contributed by atoms with Gasteiger partial charge in [-0.05, 0) is 124 Å². The molecule has 0 saturated carbocycles. The van der Waals surface area contributed by atoms with Crippen LogP contribution in [-0.4, -0.2) is 56.7 Å². The van der Waals surface area contributed by atoms with Crippen molar-refractivity contribution in [2.75, 3.05) is 26.7 Å². The van der Waals surface area contributed by atoms with Gasteiger partial charge >= 0.3 is 0 Å². The minimum absolute atomic E-state index is 0.285. The molecule has 0 unspecified atom stereocenters. The number of rotatable bonds is 10. The number of benzene rings is 1. The Morgan fingerprint density at radius 1 is 1.09 bits per heavy atom. The van der Waals surface area contributed by atoms with E-state index in [0.717, 1.165) is 80.2 Å². The molecule has 1 saturated heterocycles. The Kier molecular flexibility index (Phi) is 8.58. The number of hydrogen-bond donors (Lipinski definition) is 3. The highest BCUT2D eigenvalue weighted by Gasteiger charge is 2.15. The van der Waals surface area contributed by atoms with Crippen molar-refractivity contribution in [3.63, 3.8) is 0 Å². The lowest BCUT2D eigenvalue weighted by atomic mass is 10.0. The zero-order valence-corrected chi connectivity index (χ0v) is 24.9. The minimum Gasteiger partial charge on any atom is -0.353 e. The highest BCUT2D eigenvalue weighted by molar-refractivity contribution is 5.96. The van der Waals surface area contributed by atoms with Crippen molar-refractivity contribution < 1.29 is 4.39 Å². The second-order valence-corrected chi connectivity index (χ2v) is 11.3. The van der Waals surface area contributed by atoms with E-state index in [1.165, 1.54) is 37.6 Å². The van der Waals surface area contributed by atoms with Crippen LogP contribution in [0.1, 0.15) is 42.9 Å². The van der Waals surface area contributed by atoms with Gasteiger partial charge in [0.15, 0.2) is 0 Å². The number of H-pyrrole nitrogens is 2. The van der Waals surface area contributed by atoms with Crippen LogP contribution in [0.3, 0.4) is 0 Å². The normalized spacial score (nSPS) is 14.8. The molecule has 5 aromatic rings. The lowest BCUT2D eigenvalue weighted by molar-refractivity contribution is 0.334. The molecule has 4 aromatic heterocycles. The van der Waals surface area contributed by atoms with E-state index in [2.05, 4.69) is 60.2 Å². The van der Waals surface area contributed by atoms with Crippen LogP contribution in [0.2, 0.25) is 0 Å². The zero-order valence-electron chi connectivity index (χ0n) is 24.9. The number of fused-ring (bicyclic) bond motifs is 1. The van der Waals surface area contributed by atoms with Crippen molar-refractivity contribution in [2.45, 2.75) is 39.2 Å². The Labute approximate surface area is 251 Å². The number of hydrogen-bond acceptors (Lipinski definition) is 5. The third kappa shape index (κ3) is 6.35. The number of aryl methyl sites for hydroxylation is 1. The fourth-order valence-electron chi connectivity index (χ4n) is 6.04. The van der Waals surface area contributed by atoms with Gasteiger partial charge in [0.2, 0.25) is 0 Å². The fourth-order valence-corrected chi connectivity index (χ4v) is 6.04. The number of aromatic nitrogens is 5. The second-order valence-electron chi connectivity index (χ2n) is 11.3. The third-order valence-corrected chi connectivity index (χ3v) is 8.18. The van der Waals surface area contributed by atoms with Crippen LogP contribution < -0.4 is 15.9 Å². The molecule has 1 fully saturated rings. The summed E-state index contributed by atoms with van der Waals surface area (Å²) in [7, 11) is 1.85. The maximum Gasteiger partial charge on any atom is 0.124 e.